The van der Waals surface area contributed by atoms with Crippen molar-refractivity contribution in [3.05, 3.63) is 11.7 Å². The maximum atomic E-state index is 9.91. The lowest BCUT2D eigenvalue weighted by atomic mass is 9.89. The van der Waals surface area contributed by atoms with Crippen LogP contribution >= 0.6 is 0 Å². The average molecular weight is 297 g/mol. The van der Waals surface area contributed by atoms with E-state index in [0.717, 1.165) is 18.8 Å². The summed E-state index contributed by atoms with van der Waals surface area (Å²) in [5, 5.41) is 16.8. The minimum atomic E-state index is -0.466. The van der Waals surface area contributed by atoms with Crippen LogP contribution in [0.3, 0.4) is 0 Å². The molecule has 1 aliphatic rings. The fraction of sp³-hybridized carbons (Fsp3) is 0.867. The second-order valence-corrected chi connectivity index (χ2v) is 6.07. The molecule has 1 fully saturated rings. The molecule has 1 aromatic heterocycles. The Morgan fingerprint density at radius 3 is 3.05 bits per heavy atom. The van der Waals surface area contributed by atoms with E-state index in [4.69, 9.17) is 9.26 Å². The molecule has 0 spiro atoms. The molecular weight excluding hydrogens is 270 g/mol. The first kappa shape index (κ1) is 16.4. The molecule has 6 heteroatoms. The van der Waals surface area contributed by atoms with Crippen molar-refractivity contribution in [3.8, 4) is 0 Å². The molecule has 6 nitrogen and oxygen atoms in total. The smallest absolute Gasteiger partial charge is 0.227 e. The monoisotopic (exact) mass is 297 g/mol. The number of aliphatic hydroxyl groups excluding tert-OH is 1. The van der Waals surface area contributed by atoms with E-state index in [1.54, 1.807) is 6.92 Å². The molecule has 1 saturated carbocycles. The SMILES string of the molecule is Cc1noc(CCNCC(O)COC2CCCC(C)C2)n1. The van der Waals surface area contributed by atoms with Gasteiger partial charge in [0.1, 0.15) is 0 Å². The summed E-state index contributed by atoms with van der Waals surface area (Å²) in [7, 11) is 0. The molecule has 0 aromatic carbocycles. The van der Waals surface area contributed by atoms with E-state index in [-0.39, 0.29) is 0 Å². The zero-order valence-electron chi connectivity index (χ0n) is 13.0. The Bertz CT molecular complexity index is 411. The molecule has 2 rings (SSSR count). The number of aliphatic hydroxyl groups is 1. The normalized spacial score (nSPS) is 24.1. The van der Waals surface area contributed by atoms with E-state index in [0.29, 0.717) is 43.9 Å². The third-order valence-electron chi connectivity index (χ3n) is 3.88. The van der Waals surface area contributed by atoms with Crippen LogP contribution in [0.15, 0.2) is 4.52 Å². The van der Waals surface area contributed by atoms with E-state index in [9.17, 15) is 5.11 Å². The number of hydrogen-bond acceptors (Lipinski definition) is 6. The summed E-state index contributed by atoms with van der Waals surface area (Å²) < 4.78 is 10.8. The predicted molar refractivity (Wildman–Crippen MR) is 79.0 cm³/mol. The molecule has 1 aromatic rings. The molecule has 0 saturated heterocycles. The zero-order chi connectivity index (χ0) is 15.1. The highest BCUT2D eigenvalue weighted by molar-refractivity contribution is 4.83. The summed E-state index contributed by atoms with van der Waals surface area (Å²) in [4.78, 5) is 4.13. The van der Waals surface area contributed by atoms with Crippen LogP contribution in [0.5, 0.6) is 0 Å². The van der Waals surface area contributed by atoms with Crippen LogP contribution < -0.4 is 5.32 Å². The molecule has 1 aliphatic carbocycles. The second-order valence-electron chi connectivity index (χ2n) is 6.07. The standard InChI is InChI=1S/C15H27N3O3/c1-11-4-3-5-14(8-11)20-10-13(19)9-16-7-6-15-17-12(2)18-21-15/h11,13-14,16,19H,3-10H2,1-2H3. The quantitative estimate of drug-likeness (QED) is 0.707. The van der Waals surface area contributed by atoms with Gasteiger partial charge < -0.3 is 19.7 Å². The number of aryl methyl sites for hydroxylation is 1. The second kappa shape index (κ2) is 8.46. The van der Waals surface area contributed by atoms with Gasteiger partial charge in [-0.3, -0.25) is 0 Å². The topological polar surface area (TPSA) is 80.4 Å². The van der Waals surface area contributed by atoms with Crippen molar-refractivity contribution in [3.63, 3.8) is 0 Å². The lowest BCUT2D eigenvalue weighted by Gasteiger charge is -2.27. The maximum Gasteiger partial charge on any atom is 0.227 e. The fourth-order valence-corrected chi connectivity index (χ4v) is 2.74. The van der Waals surface area contributed by atoms with E-state index in [2.05, 4.69) is 22.4 Å². The van der Waals surface area contributed by atoms with Crippen LogP contribution in [-0.4, -0.2) is 47.2 Å². The predicted octanol–water partition coefficient (Wildman–Crippen LogP) is 1.47. The van der Waals surface area contributed by atoms with Crippen LogP contribution in [0.25, 0.3) is 0 Å². The summed E-state index contributed by atoms with van der Waals surface area (Å²) in [5.74, 6) is 2.03. The van der Waals surface area contributed by atoms with Crippen molar-refractivity contribution in [2.24, 2.45) is 5.92 Å². The van der Waals surface area contributed by atoms with E-state index in [1.165, 1.54) is 12.8 Å². The number of nitrogens with one attached hydrogen (secondary N) is 1. The fourth-order valence-electron chi connectivity index (χ4n) is 2.74. The molecule has 3 unspecified atom stereocenters. The van der Waals surface area contributed by atoms with Gasteiger partial charge in [0.05, 0.1) is 18.8 Å². The van der Waals surface area contributed by atoms with Crippen molar-refractivity contribution >= 4 is 0 Å². The van der Waals surface area contributed by atoms with Gasteiger partial charge in [0.15, 0.2) is 5.82 Å². The van der Waals surface area contributed by atoms with Crippen molar-refractivity contribution in [1.82, 2.24) is 15.5 Å². The summed E-state index contributed by atoms with van der Waals surface area (Å²) >= 11 is 0. The zero-order valence-corrected chi connectivity index (χ0v) is 13.0. The van der Waals surface area contributed by atoms with Gasteiger partial charge in [-0.1, -0.05) is 24.9 Å². The number of aromatic nitrogens is 2. The van der Waals surface area contributed by atoms with E-state index >= 15 is 0 Å². The Morgan fingerprint density at radius 2 is 2.33 bits per heavy atom. The van der Waals surface area contributed by atoms with Crippen molar-refractivity contribution in [2.75, 3.05) is 19.7 Å². The molecule has 0 radical (unpaired) electrons. The van der Waals surface area contributed by atoms with Crippen molar-refractivity contribution in [1.29, 1.82) is 0 Å². The first-order valence-electron chi connectivity index (χ1n) is 7.93. The van der Waals surface area contributed by atoms with Gasteiger partial charge in [0.25, 0.3) is 0 Å². The van der Waals surface area contributed by atoms with Gasteiger partial charge in [-0.15, -0.1) is 0 Å². The summed E-state index contributed by atoms with van der Waals surface area (Å²) in [6, 6.07) is 0. The van der Waals surface area contributed by atoms with Crippen molar-refractivity contribution < 1.29 is 14.4 Å². The Morgan fingerprint density at radius 1 is 1.48 bits per heavy atom. The van der Waals surface area contributed by atoms with Gasteiger partial charge in [-0.2, -0.15) is 4.98 Å². The van der Waals surface area contributed by atoms with Gasteiger partial charge in [0, 0.05) is 19.5 Å². The van der Waals surface area contributed by atoms with Crippen molar-refractivity contribution in [2.45, 2.75) is 58.2 Å². The molecule has 0 bridgehead atoms. The number of hydrogen-bond donors (Lipinski definition) is 2. The Hall–Kier alpha value is -0.980. The van der Waals surface area contributed by atoms with Gasteiger partial charge in [-0.25, -0.2) is 0 Å². The molecule has 3 atom stereocenters. The number of ether oxygens (including phenoxy) is 1. The summed E-state index contributed by atoms with van der Waals surface area (Å²) in [6.07, 6.45) is 5.33. The van der Waals surface area contributed by atoms with Crippen LogP contribution in [0.1, 0.15) is 44.3 Å². The van der Waals surface area contributed by atoms with E-state index in [1.807, 2.05) is 0 Å². The third kappa shape index (κ3) is 6.11. The highest BCUT2D eigenvalue weighted by atomic mass is 16.5. The number of rotatable bonds is 8. The Balaban J connectivity index is 1.52. The van der Waals surface area contributed by atoms with Crippen LogP contribution in [-0.2, 0) is 11.2 Å². The largest absolute Gasteiger partial charge is 0.389 e. The highest BCUT2D eigenvalue weighted by Gasteiger charge is 2.20. The summed E-state index contributed by atoms with van der Waals surface area (Å²) in [6.45, 7) is 5.71. The molecular formula is C15H27N3O3. The van der Waals surface area contributed by atoms with Crippen LogP contribution in [0.4, 0.5) is 0 Å². The van der Waals surface area contributed by atoms with Gasteiger partial charge in [0.2, 0.25) is 5.89 Å². The summed E-state index contributed by atoms with van der Waals surface area (Å²) in [5.41, 5.74) is 0. The lowest BCUT2D eigenvalue weighted by molar-refractivity contribution is -0.0305. The van der Waals surface area contributed by atoms with Gasteiger partial charge in [-0.05, 0) is 25.7 Å². The lowest BCUT2D eigenvalue weighted by Crippen LogP contribution is -2.34. The Labute approximate surface area is 126 Å². The minimum Gasteiger partial charge on any atom is -0.389 e. The molecule has 0 amide bonds. The molecule has 120 valence electrons. The first-order valence-corrected chi connectivity index (χ1v) is 7.93. The van der Waals surface area contributed by atoms with E-state index < -0.39 is 6.10 Å². The maximum absolute atomic E-state index is 9.91. The molecule has 1 heterocycles. The first-order chi connectivity index (χ1) is 10.1. The third-order valence-corrected chi connectivity index (χ3v) is 3.88. The average Bonchev–Trinajstić information content (AvgIpc) is 2.87. The highest BCUT2D eigenvalue weighted by Crippen LogP contribution is 2.25. The van der Waals surface area contributed by atoms with Crippen LogP contribution in [0, 0.1) is 12.8 Å². The molecule has 21 heavy (non-hydrogen) atoms. The molecule has 2 N–H and O–H groups in total. The minimum absolute atomic E-state index is 0.324. The van der Waals surface area contributed by atoms with Gasteiger partial charge >= 0.3 is 0 Å². The van der Waals surface area contributed by atoms with Crippen LogP contribution in [0.2, 0.25) is 0 Å². The Kier molecular flexibility index (Phi) is 6.60. The molecule has 0 aliphatic heterocycles. The number of nitrogens with zero attached hydrogens (tertiary/aromatic N) is 2.